The van der Waals surface area contributed by atoms with Gasteiger partial charge < -0.3 is 19.7 Å². The summed E-state index contributed by atoms with van der Waals surface area (Å²) in [5, 5.41) is 3.76. The number of hydrogen-bond acceptors (Lipinski definition) is 5. The van der Waals surface area contributed by atoms with Crippen LogP contribution in [-0.4, -0.2) is 75.2 Å². The second kappa shape index (κ2) is 8.94. The molecule has 2 saturated heterocycles. The number of hydrogen-bond donors (Lipinski definition) is 1. The molecule has 1 aromatic rings. The summed E-state index contributed by atoms with van der Waals surface area (Å²) in [4.78, 5) is 17.2. The van der Waals surface area contributed by atoms with Gasteiger partial charge in [-0.3, -0.25) is 9.69 Å². The van der Waals surface area contributed by atoms with Gasteiger partial charge in [0.05, 0.1) is 24.8 Å². The summed E-state index contributed by atoms with van der Waals surface area (Å²) >= 11 is 6.29. The molecule has 2 fully saturated rings. The van der Waals surface area contributed by atoms with E-state index < -0.39 is 0 Å². The average molecular weight is 390 g/mol. The van der Waals surface area contributed by atoms with E-state index in [4.69, 9.17) is 21.1 Å². The van der Waals surface area contributed by atoms with Crippen molar-refractivity contribution in [3.8, 4) is 11.5 Å². The fraction of sp³-hybridized carbons (Fsp3) is 0.588. The largest absolute Gasteiger partial charge is 0.493 e. The molecule has 0 aliphatic carbocycles. The van der Waals surface area contributed by atoms with Crippen molar-refractivity contribution in [1.82, 2.24) is 15.1 Å². The zero-order valence-corrected chi connectivity index (χ0v) is 16.2. The molecule has 1 aromatic carbocycles. The van der Waals surface area contributed by atoms with E-state index in [2.05, 4.69) is 10.2 Å². The van der Waals surface area contributed by atoms with E-state index in [1.54, 1.807) is 26.4 Å². The number of halogens is 2. The molecule has 8 heteroatoms. The molecule has 0 bridgehead atoms. The van der Waals surface area contributed by atoms with Gasteiger partial charge in [0.25, 0.3) is 5.91 Å². The predicted molar refractivity (Wildman–Crippen MR) is 101 cm³/mol. The van der Waals surface area contributed by atoms with Gasteiger partial charge in [-0.2, -0.15) is 0 Å². The van der Waals surface area contributed by atoms with Crippen molar-refractivity contribution in [3.05, 3.63) is 22.7 Å². The highest BCUT2D eigenvalue weighted by molar-refractivity contribution is 6.34. The second-order valence-corrected chi connectivity index (χ2v) is 6.57. The summed E-state index contributed by atoms with van der Waals surface area (Å²) in [7, 11) is 3.10. The van der Waals surface area contributed by atoms with Crippen molar-refractivity contribution in [2.75, 3.05) is 53.5 Å². The number of benzene rings is 1. The van der Waals surface area contributed by atoms with Crippen LogP contribution in [0.4, 0.5) is 0 Å². The van der Waals surface area contributed by atoms with Gasteiger partial charge in [-0.25, -0.2) is 0 Å². The number of carbonyl (C=O) groups excluding carboxylic acids is 1. The van der Waals surface area contributed by atoms with Crippen LogP contribution in [-0.2, 0) is 0 Å². The minimum Gasteiger partial charge on any atom is -0.493 e. The number of ether oxygens (including phenoxy) is 2. The van der Waals surface area contributed by atoms with Crippen molar-refractivity contribution in [3.63, 3.8) is 0 Å². The van der Waals surface area contributed by atoms with Gasteiger partial charge >= 0.3 is 0 Å². The third kappa shape index (κ3) is 4.31. The van der Waals surface area contributed by atoms with Crippen molar-refractivity contribution in [2.45, 2.75) is 12.5 Å². The Morgan fingerprint density at radius 1 is 1.16 bits per heavy atom. The van der Waals surface area contributed by atoms with Crippen LogP contribution in [0.5, 0.6) is 11.5 Å². The van der Waals surface area contributed by atoms with Crippen molar-refractivity contribution in [1.29, 1.82) is 0 Å². The van der Waals surface area contributed by atoms with Crippen LogP contribution in [0.25, 0.3) is 0 Å². The standard InChI is InChI=1S/C17H24ClN3O3.ClH/c1-23-15-9-13(14(18)10-16(15)24-2)17(22)21-6-3-12(11-21)20-7-4-19-5-8-20;/h9-10,12,19H,3-8,11H2,1-2H3;1H. The van der Waals surface area contributed by atoms with E-state index >= 15 is 0 Å². The number of rotatable bonds is 4. The number of nitrogens with one attached hydrogen (secondary N) is 1. The van der Waals surface area contributed by atoms with Crippen molar-refractivity contribution < 1.29 is 14.3 Å². The number of piperazine rings is 1. The van der Waals surface area contributed by atoms with Crippen molar-refractivity contribution >= 4 is 29.9 Å². The first-order chi connectivity index (χ1) is 11.6. The Bertz CT molecular complexity index is 609. The Balaban J connectivity index is 0.00000225. The summed E-state index contributed by atoms with van der Waals surface area (Å²) in [5.74, 6) is 1.00. The fourth-order valence-corrected chi connectivity index (χ4v) is 3.69. The molecule has 140 valence electrons. The van der Waals surface area contributed by atoms with Crippen LogP contribution in [0.3, 0.4) is 0 Å². The molecule has 0 aromatic heterocycles. The lowest BCUT2D eigenvalue weighted by Crippen LogP contribution is -2.49. The molecule has 3 rings (SSSR count). The van der Waals surface area contributed by atoms with Gasteiger partial charge in [-0.1, -0.05) is 11.6 Å². The summed E-state index contributed by atoms with van der Waals surface area (Å²) in [6.07, 6.45) is 1.01. The molecule has 1 N–H and O–H groups in total. The maximum atomic E-state index is 12.9. The van der Waals surface area contributed by atoms with Gasteiger partial charge in [0.2, 0.25) is 0 Å². The first-order valence-electron chi connectivity index (χ1n) is 8.29. The molecule has 1 unspecified atom stereocenters. The molecule has 1 amide bonds. The normalized spacial score (nSPS) is 20.9. The summed E-state index contributed by atoms with van der Waals surface area (Å²) in [6.45, 7) is 5.65. The maximum Gasteiger partial charge on any atom is 0.255 e. The van der Waals surface area contributed by atoms with Crippen LogP contribution >= 0.6 is 24.0 Å². The molecular weight excluding hydrogens is 365 g/mol. The van der Waals surface area contributed by atoms with E-state index in [1.807, 2.05) is 4.90 Å². The van der Waals surface area contributed by atoms with Crippen LogP contribution in [0, 0.1) is 0 Å². The average Bonchev–Trinajstić information content (AvgIpc) is 3.11. The smallest absolute Gasteiger partial charge is 0.255 e. The quantitative estimate of drug-likeness (QED) is 0.851. The van der Waals surface area contributed by atoms with E-state index in [9.17, 15) is 4.79 Å². The maximum absolute atomic E-state index is 12.9. The Hall–Kier alpha value is -1.21. The third-order valence-corrected chi connectivity index (χ3v) is 5.13. The van der Waals surface area contributed by atoms with E-state index in [0.717, 1.165) is 45.7 Å². The van der Waals surface area contributed by atoms with Gasteiger partial charge in [-0.15, -0.1) is 12.4 Å². The minimum absolute atomic E-state index is 0. The van der Waals surface area contributed by atoms with E-state index in [-0.39, 0.29) is 18.3 Å². The highest BCUT2D eigenvalue weighted by Crippen LogP contribution is 2.34. The molecule has 2 aliphatic rings. The fourth-order valence-electron chi connectivity index (χ4n) is 3.46. The lowest BCUT2D eigenvalue weighted by atomic mass is 10.1. The van der Waals surface area contributed by atoms with Crippen LogP contribution in [0.1, 0.15) is 16.8 Å². The van der Waals surface area contributed by atoms with Crippen LogP contribution < -0.4 is 14.8 Å². The summed E-state index contributed by atoms with van der Waals surface area (Å²) in [6, 6.07) is 3.74. The lowest BCUT2D eigenvalue weighted by molar-refractivity contribution is 0.0773. The number of likely N-dealkylation sites (tertiary alicyclic amines) is 1. The highest BCUT2D eigenvalue weighted by atomic mass is 35.5. The summed E-state index contributed by atoms with van der Waals surface area (Å²) < 4.78 is 10.5. The van der Waals surface area contributed by atoms with Crippen LogP contribution in [0.2, 0.25) is 5.02 Å². The molecule has 0 spiro atoms. The molecule has 2 heterocycles. The Morgan fingerprint density at radius 2 is 1.80 bits per heavy atom. The SMILES string of the molecule is COc1cc(Cl)c(C(=O)N2CCC(N3CCNCC3)C2)cc1OC.Cl. The van der Waals surface area contributed by atoms with E-state index in [0.29, 0.717) is 28.1 Å². The molecule has 1 atom stereocenters. The number of amides is 1. The zero-order chi connectivity index (χ0) is 17.1. The number of nitrogens with zero attached hydrogens (tertiary/aromatic N) is 2. The molecule has 25 heavy (non-hydrogen) atoms. The molecule has 6 nitrogen and oxygen atoms in total. The molecule has 0 saturated carbocycles. The van der Waals surface area contributed by atoms with Crippen molar-refractivity contribution in [2.24, 2.45) is 0 Å². The van der Waals surface area contributed by atoms with Crippen LogP contribution in [0.15, 0.2) is 12.1 Å². The first-order valence-corrected chi connectivity index (χ1v) is 8.67. The monoisotopic (exact) mass is 389 g/mol. The second-order valence-electron chi connectivity index (χ2n) is 6.17. The summed E-state index contributed by atoms with van der Waals surface area (Å²) in [5.41, 5.74) is 0.468. The Kier molecular flexibility index (Phi) is 7.19. The third-order valence-electron chi connectivity index (χ3n) is 4.82. The van der Waals surface area contributed by atoms with Gasteiger partial charge in [-0.05, 0) is 12.5 Å². The van der Waals surface area contributed by atoms with Gasteiger partial charge in [0, 0.05) is 51.4 Å². The molecule has 0 radical (unpaired) electrons. The Morgan fingerprint density at radius 3 is 2.44 bits per heavy atom. The van der Waals surface area contributed by atoms with Gasteiger partial charge in [0.15, 0.2) is 11.5 Å². The lowest BCUT2D eigenvalue weighted by Gasteiger charge is -2.32. The van der Waals surface area contributed by atoms with E-state index in [1.165, 1.54) is 0 Å². The molecule has 2 aliphatic heterocycles. The predicted octanol–water partition coefficient (Wildman–Crippen LogP) is 1.90. The number of methoxy groups -OCH3 is 2. The van der Waals surface area contributed by atoms with Gasteiger partial charge in [0.1, 0.15) is 0 Å². The Labute approximate surface area is 159 Å². The first kappa shape index (κ1) is 20.1. The zero-order valence-electron chi connectivity index (χ0n) is 14.6. The topological polar surface area (TPSA) is 54.0 Å². The minimum atomic E-state index is -0.0430. The highest BCUT2D eigenvalue weighted by Gasteiger charge is 2.32. The molecular formula is C17H25Cl2N3O3. The number of carbonyl (C=O) groups is 1.